The molecule has 1 aromatic carbocycles. The average Bonchev–Trinajstić information content (AvgIpc) is 3.12. The van der Waals surface area contributed by atoms with E-state index in [2.05, 4.69) is 16.9 Å². The number of benzene rings is 1. The summed E-state index contributed by atoms with van der Waals surface area (Å²) in [6.45, 7) is 6.72. The van der Waals surface area contributed by atoms with Crippen molar-refractivity contribution in [1.82, 2.24) is 19.4 Å². The molecule has 4 rings (SSSR count). The van der Waals surface area contributed by atoms with Gasteiger partial charge in [-0.15, -0.1) is 0 Å². The van der Waals surface area contributed by atoms with Gasteiger partial charge in [0.1, 0.15) is 0 Å². The van der Waals surface area contributed by atoms with Crippen molar-refractivity contribution < 1.29 is 4.79 Å². The lowest BCUT2D eigenvalue weighted by atomic mass is 10.0. The van der Waals surface area contributed by atoms with E-state index >= 15 is 0 Å². The van der Waals surface area contributed by atoms with Crippen molar-refractivity contribution in [3.8, 4) is 11.1 Å². The first-order valence-electron chi connectivity index (χ1n) is 8.80. The number of carbonyl (C=O) groups excluding carboxylic acids is 1. The van der Waals surface area contributed by atoms with Crippen molar-refractivity contribution in [3.63, 3.8) is 0 Å². The van der Waals surface area contributed by atoms with Crippen LogP contribution >= 0.6 is 0 Å². The van der Waals surface area contributed by atoms with Gasteiger partial charge >= 0.3 is 0 Å². The van der Waals surface area contributed by atoms with Gasteiger partial charge in [0, 0.05) is 43.5 Å². The zero-order chi connectivity index (χ0) is 17.2. The first kappa shape index (κ1) is 15.8. The van der Waals surface area contributed by atoms with E-state index in [1.807, 2.05) is 64.3 Å². The van der Waals surface area contributed by atoms with Crippen molar-refractivity contribution in [1.29, 1.82) is 0 Å². The maximum absolute atomic E-state index is 12.9. The Hall–Kier alpha value is -2.66. The molecule has 5 heteroatoms. The number of rotatable bonds is 3. The van der Waals surface area contributed by atoms with Gasteiger partial charge in [-0.05, 0) is 36.4 Å². The molecule has 3 aromatic rings. The van der Waals surface area contributed by atoms with E-state index in [-0.39, 0.29) is 5.91 Å². The molecule has 0 atom stereocenters. The van der Waals surface area contributed by atoms with Crippen LogP contribution in [0.25, 0.3) is 16.6 Å². The molecule has 1 amide bonds. The zero-order valence-corrected chi connectivity index (χ0v) is 14.4. The Kier molecular flexibility index (Phi) is 4.24. The first-order valence-corrected chi connectivity index (χ1v) is 8.80. The SMILES string of the molecule is CCN1CCN(C(=O)c2cccc(-c3cnn4ccccc34)c2)CC1. The Balaban J connectivity index is 1.60. The van der Waals surface area contributed by atoms with Crippen LogP contribution < -0.4 is 0 Å². The lowest BCUT2D eigenvalue weighted by molar-refractivity contribution is 0.0643. The number of hydrogen-bond acceptors (Lipinski definition) is 3. The fraction of sp³-hybridized carbons (Fsp3) is 0.300. The highest BCUT2D eigenvalue weighted by atomic mass is 16.2. The minimum absolute atomic E-state index is 0.120. The molecule has 0 saturated carbocycles. The van der Waals surface area contributed by atoms with E-state index < -0.39 is 0 Å². The van der Waals surface area contributed by atoms with Gasteiger partial charge in [-0.3, -0.25) is 4.79 Å². The predicted octanol–water partition coefficient (Wildman–Crippen LogP) is 2.78. The second-order valence-electron chi connectivity index (χ2n) is 6.40. The summed E-state index contributed by atoms with van der Waals surface area (Å²) in [5.41, 5.74) is 3.87. The summed E-state index contributed by atoms with van der Waals surface area (Å²) >= 11 is 0. The number of hydrogen-bond donors (Lipinski definition) is 0. The van der Waals surface area contributed by atoms with Crippen LogP contribution in [-0.2, 0) is 0 Å². The fourth-order valence-corrected chi connectivity index (χ4v) is 3.43. The highest BCUT2D eigenvalue weighted by Crippen LogP contribution is 2.25. The third-order valence-electron chi connectivity index (χ3n) is 4.95. The van der Waals surface area contributed by atoms with E-state index in [1.54, 1.807) is 0 Å². The molecule has 1 aliphatic heterocycles. The largest absolute Gasteiger partial charge is 0.336 e. The number of amides is 1. The van der Waals surface area contributed by atoms with Crippen LogP contribution in [0.5, 0.6) is 0 Å². The summed E-state index contributed by atoms with van der Waals surface area (Å²) in [7, 11) is 0. The molecule has 0 unspecified atom stereocenters. The second-order valence-corrected chi connectivity index (χ2v) is 6.40. The Morgan fingerprint density at radius 2 is 1.92 bits per heavy atom. The third-order valence-corrected chi connectivity index (χ3v) is 4.95. The second kappa shape index (κ2) is 6.69. The standard InChI is InChI=1S/C20H22N4O/c1-2-22-10-12-23(13-11-22)20(25)17-7-5-6-16(14-17)18-15-21-24-9-4-3-8-19(18)24/h3-9,14-15H,2,10-13H2,1H3. The van der Waals surface area contributed by atoms with Crippen LogP contribution in [0, 0.1) is 0 Å². The number of piperazine rings is 1. The van der Waals surface area contributed by atoms with Crippen molar-refractivity contribution in [2.45, 2.75) is 6.92 Å². The molecular weight excluding hydrogens is 312 g/mol. The molecule has 5 nitrogen and oxygen atoms in total. The molecule has 25 heavy (non-hydrogen) atoms. The molecular formula is C20H22N4O. The number of carbonyl (C=O) groups is 1. The topological polar surface area (TPSA) is 40.8 Å². The predicted molar refractivity (Wildman–Crippen MR) is 98.6 cm³/mol. The molecule has 1 saturated heterocycles. The van der Waals surface area contributed by atoms with Crippen LogP contribution in [0.15, 0.2) is 54.9 Å². The molecule has 0 spiro atoms. The zero-order valence-electron chi connectivity index (χ0n) is 14.4. The van der Waals surface area contributed by atoms with E-state index in [0.29, 0.717) is 0 Å². The maximum Gasteiger partial charge on any atom is 0.253 e. The van der Waals surface area contributed by atoms with Crippen molar-refractivity contribution in [2.24, 2.45) is 0 Å². The monoisotopic (exact) mass is 334 g/mol. The molecule has 0 N–H and O–H groups in total. The smallest absolute Gasteiger partial charge is 0.253 e. The Bertz CT molecular complexity index is 893. The molecule has 0 radical (unpaired) electrons. The number of aromatic nitrogens is 2. The number of pyridine rings is 1. The summed E-state index contributed by atoms with van der Waals surface area (Å²) in [5, 5.41) is 4.39. The molecule has 3 heterocycles. The number of fused-ring (bicyclic) bond motifs is 1. The summed E-state index contributed by atoms with van der Waals surface area (Å²) in [5.74, 6) is 0.120. The summed E-state index contributed by atoms with van der Waals surface area (Å²) in [6.07, 6.45) is 3.79. The van der Waals surface area contributed by atoms with E-state index in [0.717, 1.165) is 54.9 Å². The fourth-order valence-electron chi connectivity index (χ4n) is 3.43. The van der Waals surface area contributed by atoms with Gasteiger partial charge in [0.05, 0.1) is 11.7 Å². The highest BCUT2D eigenvalue weighted by molar-refractivity contribution is 5.96. The molecule has 1 fully saturated rings. The molecule has 128 valence electrons. The van der Waals surface area contributed by atoms with Gasteiger partial charge in [-0.2, -0.15) is 5.10 Å². The van der Waals surface area contributed by atoms with Gasteiger partial charge in [0.15, 0.2) is 0 Å². The van der Waals surface area contributed by atoms with Gasteiger partial charge in [0.25, 0.3) is 5.91 Å². The minimum Gasteiger partial charge on any atom is -0.336 e. The first-order chi connectivity index (χ1) is 12.3. The minimum atomic E-state index is 0.120. The number of likely N-dealkylation sites (N-methyl/N-ethyl adjacent to an activating group) is 1. The van der Waals surface area contributed by atoms with E-state index in [9.17, 15) is 4.79 Å². The average molecular weight is 334 g/mol. The summed E-state index contributed by atoms with van der Waals surface area (Å²) in [6, 6.07) is 13.9. The lowest BCUT2D eigenvalue weighted by Crippen LogP contribution is -2.48. The van der Waals surface area contributed by atoms with E-state index in [1.165, 1.54) is 0 Å². The highest BCUT2D eigenvalue weighted by Gasteiger charge is 2.21. The van der Waals surface area contributed by atoms with Crippen LogP contribution in [0.4, 0.5) is 0 Å². The van der Waals surface area contributed by atoms with Crippen molar-refractivity contribution in [2.75, 3.05) is 32.7 Å². The van der Waals surface area contributed by atoms with Crippen molar-refractivity contribution >= 4 is 11.4 Å². The summed E-state index contributed by atoms with van der Waals surface area (Å²) < 4.78 is 1.85. The molecule has 0 bridgehead atoms. The quantitative estimate of drug-likeness (QED) is 0.739. The van der Waals surface area contributed by atoms with Gasteiger partial charge < -0.3 is 9.80 Å². The molecule has 2 aromatic heterocycles. The van der Waals surface area contributed by atoms with E-state index in [4.69, 9.17) is 0 Å². The summed E-state index contributed by atoms with van der Waals surface area (Å²) in [4.78, 5) is 17.2. The Labute approximate surface area is 147 Å². The van der Waals surface area contributed by atoms with Gasteiger partial charge in [-0.25, -0.2) is 4.52 Å². The van der Waals surface area contributed by atoms with Crippen LogP contribution in [0.3, 0.4) is 0 Å². The lowest BCUT2D eigenvalue weighted by Gasteiger charge is -2.34. The Morgan fingerprint density at radius 3 is 2.72 bits per heavy atom. The van der Waals surface area contributed by atoms with Gasteiger partial charge in [0.2, 0.25) is 0 Å². The third kappa shape index (κ3) is 3.03. The van der Waals surface area contributed by atoms with Crippen LogP contribution in [0.1, 0.15) is 17.3 Å². The molecule has 1 aliphatic rings. The van der Waals surface area contributed by atoms with Crippen LogP contribution in [-0.4, -0.2) is 58.0 Å². The van der Waals surface area contributed by atoms with Crippen molar-refractivity contribution in [3.05, 3.63) is 60.4 Å². The Morgan fingerprint density at radius 1 is 1.08 bits per heavy atom. The van der Waals surface area contributed by atoms with Crippen LogP contribution in [0.2, 0.25) is 0 Å². The number of nitrogens with zero attached hydrogens (tertiary/aromatic N) is 4. The maximum atomic E-state index is 12.9. The van der Waals surface area contributed by atoms with Gasteiger partial charge in [-0.1, -0.05) is 25.1 Å². The normalized spacial score (nSPS) is 15.6. The molecule has 0 aliphatic carbocycles.